The number of alkyl halides is 3. The Kier molecular flexibility index (Phi) is 7.77. The summed E-state index contributed by atoms with van der Waals surface area (Å²) in [6, 6.07) is 0.637. The molecule has 30 heavy (non-hydrogen) atoms. The lowest BCUT2D eigenvalue weighted by Gasteiger charge is -2.37. The maximum atomic E-state index is 13.7. The Bertz CT molecular complexity index is 798. The topological polar surface area (TPSA) is 51.5 Å². The van der Waals surface area contributed by atoms with Crippen molar-refractivity contribution < 1.29 is 22.7 Å². The first-order valence-corrected chi connectivity index (χ1v) is 10.7. The van der Waals surface area contributed by atoms with Gasteiger partial charge in [-0.1, -0.05) is 27.7 Å². The standard InChI is InChI=1S/C22H33F3N2O3/c1-6-21(11-15(3)4,20(29)30-7-2)27-14-17(8-9-26-12-16(5)13-26)18(10-19(27)28)22(23,24)25/h10,14-16H,6-9,11-13H2,1-5H3. The Morgan fingerprint density at radius 1 is 1.27 bits per heavy atom. The van der Waals surface area contributed by atoms with Crippen molar-refractivity contribution in [2.45, 2.75) is 65.6 Å². The number of aromatic nitrogens is 1. The maximum Gasteiger partial charge on any atom is 0.416 e. The predicted molar refractivity (Wildman–Crippen MR) is 109 cm³/mol. The second-order valence-electron chi connectivity index (χ2n) is 8.74. The molecule has 0 aliphatic carbocycles. The first-order chi connectivity index (χ1) is 13.9. The van der Waals surface area contributed by atoms with Gasteiger partial charge in [0.05, 0.1) is 12.2 Å². The number of hydrogen-bond acceptors (Lipinski definition) is 4. The van der Waals surface area contributed by atoms with Gasteiger partial charge in [0.15, 0.2) is 0 Å². The molecule has 1 fully saturated rings. The Hall–Kier alpha value is -1.83. The van der Waals surface area contributed by atoms with E-state index in [1.165, 1.54) is 10.8 Å². The molecule has 8 heteroatoms. The van der Waals surface area contributed by atoms with Gasteiger partial charge in [-0.2, -0.15) is 13.2 Å². The molecule has 2 heterocycles. The third kappa shape index (κ3) is 5.25. The number of ether oxygens (including phenoxy) is 1. The maximum absolute atomic E-state index is 13.7. The van der Waals surface area contributed by atoms with Gasteiger partial charge in [0.25, 0.3) is 5.56 Å². The van der Waals surface area contributed by atoms with Gasteiger partial charge in [0, 0.05) is 31.9 Å². The molecule has 170 valence electrons. The predicted octanol–water partition coefficient (Wildman–Crippen LogP) is 4.08. The lowest BCUT2D eigenvalue weighted by atomic mass is 9.85. The fraction of sp³-hybridized carbons (Fsp3) is 0.727. The van der Waals surface area contributed by atoms with Crippen LogP contribution < -0.4 is 5.56 Å². The van der Waals surface area contributed by atoms with Crippen LogP contribution in [0.5, 0.6) is 0 Å². The Labute approximate surface area is 176 Å². The first-order valence-electron chi connectivity index (χ1n) is 10.7. The molecule has 1 atom stereocenters. The zero-order chi connectivity index (χ0) is 22.7. The number of rotatable bonds is 9. The van der Waals surface area contributed by atoms with E-state index >= 15 is 0 Å². The highest BCUT2D eigenvalue weighted by Crippen LogP contribution is 2.35. The molecule has 2 rings (SSSR count). The molecule has 1 aromatic rings. The summed E-state index contributed by atoms with van der Waals surface area (Å²) in [6.07, 6.45) is -2.68. The highest BCUT2D eigenvalue weighted by molar-refractivity contribution is 5.79. The Balaban J connectivity index is 2.56. The highest BCUT2D eigenvalue weighted by Gasteiger charge is 2.43. The van der Waals surface area contributed by atoms with E-state index < -0.39 is 28.8 Å². The third-order valence-corrected chi connectivity index (χ3v) is 5.73. The number of pyridine rings is 1. The minimum atomic E-state index is -4.63. The van der Waals surface area contributed by atoms with Crippen molar-refractivity contribution in [3.8, 4) is 0 Å². The zero-order valence-corrected chi connectivity index (χ0v) is 18.5. The number of halogens is 3. The van der Waals surface area contributed by atoms with Gasteiger partial charge < -0.3 is 9.64 Å². The van der Waals surface area contributed by atoms with Crippen molar-refractivity contribution >= 4 is 5.97 Å². The van der Waals surface area contributed by atoms with E-state index in [0.29, 0.717) is 24.9 Å². The highest BCUT2D eigenvalue weighted by atomic mass is 19.4. The van der Waals surface area contributed by atoms with Crippen LogP contribution in [0.3, 0.4) is 0 Å². The number of nitrogens with zero attached hydrogens (tertiary/aromatic N) is 2. The molecule has 1 unspecified atom stereocenters. The van der Waals surface area contributed by atoms with E-state index in [1.807, 2.05) is 13.8 Å². The van der Waals surface area contributed by atoms with Crippen molar-refractivity contribution in [1.82, 2.24) is 9.47 Å². The fourth-order valence-corrected chi connectivity index (χ4v) is 4.34. The summed E-state index contributed by atoms with van der Waals surface area (Å²) in [4.78, 5) is 27.8. The number of carbonyl (C=O) groups is 1. The zero-order valence-electron chi connectivity index (χ0n) is 18.5. The molecule has 0 aromatic carbocycles. The van der Waals surface area contributed by atoms with Crippen LogP contribution in [0.25, 0.3) is 0 Å². The molecule has 0 spiro atoms. The fourth-order valence-electron chi connectivity index (χ4n) is 4.34. The number of likely N-dealkylation sites (tertiary alicyclic amines) is 1. The van der Waals surface area contributed by atoms with Crippen molar-refractivity contribution in [1.29, 1.82) is 0 Å². The summed E-state index contributed by atoms with van der Waals surface area (Å²) in [5.41, 5.74) is -3.05. The van der Waals surface area contributed by atoms with Crippen LogP contribution in [0.15, 0.2) is 17.1 Å². The minimum Gasteiger partial charge on any atom is -0.464 e. The second-order valence-corrected chi connectivity index (χ2v) is 8.74. The molecular weight excluding hydrogens is 397 g/mol. The molecule has 0 radical (unpaired) electrons. The van der Waals surface area contributed by atoms with Crippen LogP contribution in [-0.4, -0.2) is 41.7 Å². The number of esters is 1. The van der Waals surface area contributed by atoms with E-state index in [-0.39, 0.29) is 30.9 Å². The van der Waals surface area contributed by atoms with E-state index in [4.69, 9.17) is 4.74 Å². The molecule has 1 saturated heterocycles. The number of carbonyl (C=O) groups excluding carboxylic acids is 1. The molecule has 0 saturated carbocycles. The smallest absolute Gasteiger partial charge is 0.416 e. The first kappa shape index (κ1) is 24.4. The summed E-state index contributed by atoms with van der Waals surface area (Å²) >= 11 is 0. The van der Waals surface area contributed by atoms with E-state index in [1.54, 1.807) is 13.8 Å². The Morgan fingerprint density at radius 2 is 1.90 bits per heavy atom. The quantitative estimate of drug-likeness (QED) is 0.554. The van der Waals surface area contributed by atoms with Gasteiger partial charge in [-0.05, 0) is 43.6 Å². The van der Waals surface area contributed by atoms with Gasteiger partial charge in [-0.3, -0.25) is 9.36 Å². The van der Waals surface area contributed by atoms with Crippen LogP contribution >= 0.6 is 0 Å². The second kappa shape index (κ2) is 9.54. The van der Waals surface area contributed by atoms with Crippen molar-refractivity contribution in [3.63, 3.8) is 0 Å². The molecule has 1 aliphatic heterocycles. The molecular formula is C22H33F3N2O3. The van der Waals surface area contributed by atoms with Gasteiger partial charge in [-0.25, -0.2) is 4.79 Å². The van der Waals surface area contributed by atoms with Gasteiger partial charge in [-0.15, -0.1) is 0 Å². The molecule has 1 aromatic heterocycles. The summed E-state index contributed by atoms with van der Waals surface area (Å²) in [5.74, 6) is 0.00351. The average molecular weight is 431 g/mol. The summed E-state index contributed by atoms with van der Waals surface area (Å²) < 4.78 is 47.4. The minimum absolute atomic E-state index is 0.0348. The SMILES string of the molecule is CCOC(=O)C(CC)(CC(C)C)n1cc(CCN2CC(C)C2)c(C(F)(F)F)cc1=O. The number of hydrogen-bond donors (Lipinski definition) is 0. The van der Waals surface area contributed by atoms with E-state index in [2.05, 4.69) is 11.8 Å². The van der Waals surface area contributed by atoms with Gasteiger partial charge in [0.2, 0.25) is 0 Å². The van der Waals surface area contributed by atoms with Crippen molar-refractivity contribution in [2.24, 2.45) is 11.8 Å². The van der Waals surface area contributed by atoms with Crippen LogP contribution in [0.4, 0.5) is 13.2 Å². The van der Waals surface area contributed by atoms with Gasteiger partial charge in [0.1, 0.15) is 5.54 Å². The largest absolute Gasteiger partial charge is 0.464 e. The lowest BCUT2D eigenvalue weighted by molar-refractivity contribution is -0.155. The summed E-state index contributed by atoms with van der Waals surface area (Å²) in [5, 5.41) is 0. The van der Waals surface area contributed by atoms with Crippen LogP contribution in [0, 0.1) is 11.8 Å². The average Bonchev–Trinajstić information content (AvgIpc) is 2.62. The Morgan fingerprint density at radius 3 is 2.37 bits per heavy atom. The summed E-state index contributed by atoms with van der Waals surface area (Å²) in [6.45, 7) is 11.7. The van der Waals surface area contributed by atoms with Crippen molar-refractivity contribution in [3.05, 3.63) is 33.7 Å². The molecule has 0 amide bonds. The lowest BCUT2D eigenvalue weighted by Crippen LogP contribution is -2.49. The van der Waals surface area contributed by atoms with Gasteiger partial charge >= 0.3 is 12.1 Å². The van der Waals surface area contributed by atoms with E-state index in [0.717, 1.165) is 13.1 Å². The normalized spacial score (nSPS) is 17.6. The molecule has 0 N–H and O–H groups in total. The molecule has 1 aliphatic rings. The third-order valence-electron chi connectivity index (χ3n) is 5.73. The van der Waals surface area contributed by atoms with Crippen LogP contribution in [0.2, 0.25) is 0 Å². The monoisotopic (exact) mass is 430 g/mol. The molecule has 5 nitrogen and oxygen atoms in total. The van der Waals surface area contributed by atoms with Crippen molar-refractivity contribution in [2.75, 3.05) is 26.2 Å². The van der Waals surface area contributed by atoms with E-state index in [9.17, 15) is 22.8 Å². The van der Waals surface area contributed by atoms with Crippen LogP contribution in [-0.2, 0) is 27.7 Å². The molecule has 0 bridgehead atoms. The van der Waals surface area contributed by atoms with Crippen LogP contribution in [0.1, 0.15) is 58.6 Å². The summed E-state index contributed by atoms with van der Waals surface area (Å²) in [7, 11) is 0.